The molecule has 1 saturated carbocycles. The number of Topliss-reactive ketones (excluding diaryl/α,β-unsaturated/α-hetero) is 1. The second-order valence-corrected chi connectivity index (χ2v) is 10.1. The van der Waals surface area contributed by atoms with Gasteiger partial charge in [-0.3, -0.25) is 9.69 Å². The first-order valence-corrected chi connectivity index (χ1v) is 11.6. The van der Waals surface area contributed by atoms with Crippen molar-refractivity contribution in [2.75, 3.05) is 38.1 Å². The summed E-state index contributed by atoms with van der Waals surface area (Å²) in [5.74, 6) is 1.76. The number of likely N-dealkylation sites (N-methyl/N-ethyl adjacent to an activating group) is 1. The van der Waals surface area contributed by atoms with Crippen LogP contribution in [0.15, 0.2) is 12.4 Å². The predicted octanol–water partition coefficient (Wildman–Crippen LogP) is 2.73. The van der Waals surface area contributed by atoms with Gasteiger partial charge < -0.3 is 9.80 Å². The van der Waals surface area contributed by atoms with Crippen LogP contribution >= 0.6 is 0 Å². The second-order valence-electron chi connectivity index (χ2n) is 10.1. The molecule has 6 nitrogen and oxygen atoms in total. The Morgan fingerprint density at radius 1 is 1.10 bits per heavy atom. The Morgan fingerprint density at radius 2 is 1.72 bits per heavy atom. The number of ketones is 1. The Morgan fingerprint density at radius 3 is 2.31 bits per heavy atom. The largest absolute Gasteiger partial charge is 0.332 e. The molecule has 0 amide bonds. The number of piperazine rings is 1. The maximum Gasteiger partial charge on any atom is 0.225 e. The van der Waals surface area contributed by atoms with Gasteiger partial charge in [-0.25, -0.2) is 9.97 Å². The molecule has 3 aliphatic heterocycles. The van der Waals surface area contributed by atoms with Gasteiger partial charge in [0.15, 0.2) is 0 Å². The topological polar surface area (TPSA) is 52.6 Å². The Labute approximate surface area is 174 Å². The Bertz CT molecular complexity index is 720. The first-order chi connectivity index (χ1) is 14.0. The van der Waals surface area contributed by atoms with Crippen molar-refractivity contribution in [2.24, 2.45) is 11.3 Å². The number of likely N-dealkylation sites (tertiary alicyclic amines) is 2. The van der Waals surface area contributed by atoms with Crippen molar-refractivity contribution in [1.82, 2.24) is 19.8 Å². The fraction of sp³-hybridized carbons (Fsp3) is 0.783. The van der Waals surface area contributed by atoms with E-state index in [4.69, 9.17) is 9.97 Å². The van der Waals surface area contributed by atoms with Crippen molar-refractivity contribution in [3.63, 3.8) is 0 Å². The minimum atomic E-state index is 0.359. The fourth-order valence-electron chi connectivity index (χ4n) is 6.36. The van der Waals surface area contributed by atoms with E-state index in [1.807, 2.05) is 19.3 Å². The zero-order valence-corrected chi connectivity index (χ0v) is 18.0. The van der Waals surface area contributed by atoms with Crippen LogP contribution in [0, 0.1) is 11.3 Å². The molecule has 2 atom stereocenters. The lowest BCUT2D eigenvalue weighted by molar-refractivity contribution is -0.132. The number of aromatic nitrogens is 2. The van der Waals surface area contributed by atoms with E-state index < -0.39 is 0 Å². The van der Waals surface area contributed by atoms with Crippen molar-refractivity contribution in [2.45, 2.75) is 70.5 Å². The zero-order valence-electron chi connectivity index (χ0n) is 18.0. The van der Waals surface area contributed by atoms with Gasteiger partial charge in [0.1, 0.15) is 5.78 Å². The van der Waals surface area contributed by atoms with Crippen molar-refractivity contribution in [3.8, 4) is 0 Å². The van der Waals surface area contributed by atoms with E-state index in [9.17, 15) is 4.79 Å². The number of rotatable bonds is 5. The monoisotopic (exact) mass is 397 g/mol. The number of hydrogen-bond donors (Lipinski definition) is 0. The molecule has 29 heavy (non-hydrogen) atoms. The Balaban J connectivity index is 1.14. The third-order valence-corrected chi connectivity index (χ3v) is 8.07. The van der Waals surface area contributed by atoms with Crippen molar-refractivity contribution >= 4 is 11.7 Å². The van der Waals surface area contributed by atoms with Crippen LogP contribution in [0.25, 0.3) is 0 Å². The molecule has 2 bridgehead atoms. The SMILES string of the molecule is CCC(=O)C1CC2(CCN(Cc3cnc(N4C5CCC4CN(C)C5)nc3)CC2)C1. The molecular formula is C23H35N5O. The maximum atomic E-state index is 11.9. The van der Waals surface area contributed by atoms with E-state index in [0.29, 0.717) is 35.6 Å². The highest BCUT2D eigenvalue weighted by Crippen LogP contribution is 2.53. The van der Waals surface area contributed by atoms with Gasteiger partial charge in [0.05, 0.1) is 0 Å². The lowest BCUT2D eigenvalue weighted by Gasteiger charge is -2.51. The molecule has 4 heterocycles. The van der Waals surface area contributed by atoms with Gasteiger partial charge in [0.2, 0.25) is 5.95 Å². The number of fused-ring (bicyclic) bond motifs is 2. The third-order valence-electron chi connectivity index (χ3n) is 8.07. The molecule has 158 valence electrons. The summed E-state index contributed by atoms with van der Waals surface area (Å²) in [6.45, 7) is 7.47. The summed E-state index contributed by atoms with van der Waals surface area (Å²) in [6, 6.07) is 1.16. The van der Waals surface area contributed by atoms with Gasteiger partial charge in [-0.1, -0.05) is 6.92 Å². The summed E-state index contributed by atoms with van der Waals surface area (Å²) in [7, 11) is 2.22. The van der Waals surface area contributed by atoms with Crippen LogP contribution in [-0.4, -0.2) is 70.9 Å². The van der Waals surface area contributed by atoms with Gasteiger partial charge in [0.25, 0.3) is 0 Å². The molecule has 2 unspecified atom stereocenters. The molecule has 5 rings (SSSR count). The van der Waals surface area contributed by atoms with Crippen LogP contribution in [0.4, 0.5) is 5.95 Å². The Kier molecular flexibility index (Phi) is 5.11. The fourth-order valence-corrected chi connectivity index (χ4v) is 6.36. The number of carbonyl (C=O) groups excluding carboxylic acids is 1. The summed E-state index contributed by atoms with van der Waals surface area (Å²) in [4.78, 5) is 28.9. The van der Waals surface area contributed by atoms with E-state index in [1.165, 1.54) is 31.2 Å². The highest BCUT2D eigenvalue weighted by Gasteiger charge is 2.47. The molecule has 4 fully saturated rings. The molecule has 1 aromatic rings. The molecular weight excluding hydrogens is 362 g/mol. The maximum absolute atomic E-state index is 11.9. The lowest BCUT2D eigenvalue weighted by atomic mass is 9.56. The summed E-state index contributed by atoms with van der Waals surface area (Å²) in [5, 5.41) is 0. The van der Waals surface area contributed by atoms with Gasteiger partial charge >= 0.3 is 0 Å². The number of nitrogens with zero attached hydrogens (tertiary/aromatic N) is 5. The first-order valence-electron chi connectivity index (χ1n) is 11.6. The van der Waals surface area contributed by atoms with E-state index in [1.54, 1.807) is 0 Å². The van der Waals surface area contributed by atoms with Gasteiger partial charge in [0, 0.05) is 62.0 Å². The molecule has 0 aromatic carbocycles. The molecule has 3 saturated heterocycles. The van der Waals surface area contributed by atoms with E-state index in [2.05, 4.69) is 21.7 Å². The van der Waals surface area contributed by atoms with Crippen LogP contribution in [0.5, 0.6) is 0 Å². The van der Waals surface area contributed by atoms with Crippen LogP contribution in [-0.2, 0) is 11.3 Å². The predicted molar refractivity (Wildman–Crippen MR) is 114 cm³/mol. The van der Waals surface area contributed by atoms with Crippen LogP contribution in [0.3, 0.4) is 0 Å². The average molecular weight is 398 g/mol. The number of hydrogen-bond acceptors (Lipinski definition) is 6. The smallest absolute Gasteiger partial charge is 0.225 e. The van der Waals surface area contributed by atoms with Crippen molar-refractivity contribution < 1.29 is 4.79 Å². The molecule has 0 N–H and O–H groups in total. The Hall–Kier alpha value is -1.53. The van der Waals surface area contributed by atoms with Gasteiger partial charge in [-0.2, -0.15) is 0 Å². The minimum Gasteiger partial charge on any atom is -0.332 e. The van der Waals surface area contributed by atoms with Crippen LogP contribution < -0.4 is 4.90 Å². The van der Waals surface area contributed by atoms with E-state index in [0.717, 1.165) is 51.5 Å². The molecule has 0 radical (unpaired) electrons. The van der Waals surface area contributed by atoms with Crippen LogP contribution in [0.1, 0.15) is 57.4 Å². The number of piperidine rings is 1. The minimum absolute atomic E-state index is 0.359. The molecule has 4 aliphatic rings. The summed E-state index contributed by atoms with van der Waals surface area (Å²) >= 11 is 0. The summed E-state index contributed by atoms with van der Waals surface area (Å²) < 4.78 is 0. The highest BCUT2D eigenvalue weighted by atomic mass is 16.1. The summed E-state index contributed by atoms with van der Waals surface area (Å²) in [5.41, 5.74) is 1.69. The van der Waals surface area contributed by atoms with E-state index in [-0.39, 0.29) is 0 Å². The third kappa shape index (κ3) is 3.70. The quantitative estimate of drug-likeness (QED) is 0.762. The molecule has 1 aliphatic carbocycles. The first kappa shape index (κ1) is 19.4. The van der Waals surface area contributed by atoms with Crippen LogP contribution in [0.2, 0.25) is 0 Å². The second kappa shape index (κ2) is 7.62. The van der Waals surface area contributed by atoms with E-state index >= 15 is 0 Å². The highest BCUT2D eigenvalue weighted by molar-refractivity contribution is 5.81. The van der Waals surface area contributed by atoms with Gasteiger partial charge in [-0.05, 0) is 64.1 Å². The normalized spacial score (nSPS) is 29.9. The van der Waals surface area contributed by atoms with Gasteiger partial charge in [-0.15, -0.1) is 0 Å². The van der Waals surface area contributed by atoms with Crippen molar-refractivity contribution in [1.29, 1.82) is 0 Å². The average Bonchev–Trinajstić information content (AvgIpc) is 2.98. The number of carbonyl (C=O) groups is 1. The standard InChI is InChI=1S/C23H35N5O/c1-3-21(29)18-10-23(11-18)6-8-27(9-7-23)14-17-12-24-22(25-13-17)28-19-4-5-20(28)16-26(2)15-19/h12-13,18-20H,3-11,14-16H2,1-2H3. The number of anilines is 1. The lowest BCUT2D eigenvalue weighted by Crippen LogP contribution is -2.53. The zero-order chi connectivity index (χ0) is 20.0. The van der Waals surface area contributed by atoms with Crippen molar-refractivity contribution in [3.05, 3.63) is 18.0 Å². The molecule has 6 heteroatoms. The summed E-state index contributed by atoms with van der Waals surface area (Å²) in [6.07, 6.45) is 12.1. The molecule has 1 spiro atoms. The molecule has 1 aromatic heterocycles.